The van der Waals surface area contributed by atoms with Gasteiger partial charge in [0.2, 0.25) is 14.2 Å². The van der Waals surface area contributed by atoms with Crippen LogP contribution >= 0.6 is 11.3 Å². The number of nitrogens with zero attached hydrogens (tertiary/aromatic N) is 2. The Kier molecular flexibility index (Phi) is 4.76. The van der Waals surface area contributed by atoms with Crippen molar-refractivity contribution in [3.63, 3.8) is 0 Å². The van der Waals surface area contributed by atoms with Crippen LogP contribution in [0.1, 0.15) is 33.6 Å². The van der Waals surface area contributed by atoms with E-state index in [0.29, 0.717) is 24.9 Å². The molecule has 1 aromatic carbocycles. The van der Waals surface area contributed by atoms with Crippen LogP contribution in [0.25, 0.3) is 10.2 Å². The number of fused-ring (bicyclic) bond motifs is 1. The maximum Gasteiger partial charge on any atom is 0.410 e. The van der Waals surface area contributed by atoms with Crippen LogP contribution in [0, 0.1) is 0 Å². The minimum atomic E-state index is -3.58. The number of sulfone groups is 1. The number of para-hydroxylation sites is 1. The van der Waals surface area contributed by atoms with Crippen molar-refractivity contribution in [3.05, 3.63) is 24.3 Å². The van der Waals surface area contributed by atoms with Gasteiger partial charge in [0.05, 0.1) is 15.5 Å². The highest BCUT2D eigenvalue weighted by molar-refractivity contribution is 7.94. The lowest BCUT2D eigenvalue weighted by Gasteiger charge is -2.33. The Morgan fingerprint density at radius 2 is 2.04 bits per heavy atom. The fourth-order valence-electron chi connectivity index (χ4n) is 2.80. The molecule has 0 spiro atoms. The lowest BCUT2D eigenvalue weighted by atomic mass is 10.1. The first-order valence-corrected chi connectivity index (χ1v) is 10.6. The Bertz CT molecular complexity index is 850. The van der Waals surface area contributed by atoms with Crippen molar-refractivity contribution in [2.75, 3.05) is 13.1 Å². The topological polar surface area (TPSA) is 76.6 Å². The predicted molar refractivity (Wildman–Crippen MR) is 97.6 cm³/mol. The third-order valence-corrected chi connectivity index (χ3v) is 7.60. The summed E-state index contributed by atoms with van der Waals surface area (Å²) in [7, 11) is -3.58. The minimum absolute atomic E-state index is 0.129. The van der Waals surface area contributed by atoms with Crippen LogP contribution in [0.2, 0.25) is 0 Å². The molecule has 1 aliphatic heterocycles. The first-order chi connectivity index (χ1) is 11.7. The fraction of sp³-hybridized carbons (Fsp3) is 0.529. The van der Waals surface area contributed by atoms with Gasteiger partial charge in [-0.1, -0.05) is 12.1 Å². The Morgan fingerprint density at radius 3 is 2.72 bits per heavy atom. The quantitative estimate of drug-likeness (QED) is 0.795. The summed E-state index contributed by atoms with van der Waals surface area (Å²) in [6.07, 6.45) is 0.697. The third-order valence-electron chi connectivity index (χ3n) is 3.99. The monoisotopic (exact) mass is 382 g/mol. The number of aromatic nitrogens is 1. The summed E-state index contributed by atoms with van der Waals surface area (Å²) in [4.78, 5) is 18.0. The van der Waals surface area contributed by atoms with E-state index in [9.17, 15) is 13.2 Å². The molecular weight excluding hydrogens is 360 g/mol. The molecule has 0 saturated carbocycles. The Hall–Kier alpha value is -1.67. The molecule has 1 atom stereocenters. The molecule has 0 unspecified atom stereocenters. The van der Waals surface area contributed by atoms with Gasteiger partial charge < -0.3 is 9.64 Å². The van der Waals surface area contributed by atoms with Gasteiger partial charge in [-0.25, -0.2) is 18.2 Å². The maximum absolute atomic E-state index is 13.0. The number of carbonyl (C=O) groups is 1. The number of amides is 1. The van der Waals surface area contributed by atoms with E-state index < -0.39 is 26.8 Å². The smallest absolute Gasteiger partial charge is 0.410 e. The Labute approximate surface area is 151 Å². The van der Waals surface area contributed by atoms with Crippen LogP contribution in [-0.4, -0.2) is 48.3 Å². The number of hydrogen-bond acceptors (Lipinski definition) is 6. The number of thiazole rings is 1. The van der Waals surface area contributed by atoms with Gasteiger partial charge in [0.15, 0.2) is 0 Å². The van der Waals surface area contributed by atoms with Gasteiger partial charge in [-0.05, 0) is 45.7 Å². The van der Waals surface area contributed by atoms with Crippen molar-refractivity contribution < 1.29 is 17.9 Å². The van der Waals surface area contributed by atoms with Gasteiger partial charge in [0.1, 0.15) is 5.60 Å². The van der Waals surface area contributed by atoms with E-state index >= 15 is 0 Å². The Morgan fingerprint density at radius 1 is 1.32 bits per heavy atom. The van der Waals surface area contributed by atoms with Crippen molar-refractivity contribution in [1.29, 1.82) is 0 Å². The Balaban J connectivity index is 1.81. The number of carbonyl (C=O) groups excluding carboxylic acids is 1. The molecule has 25 heavy (non-hydrogen) atoms. The highest BCUT2D eigenvalue weighted by Gasteiger charge is 2.37. The van der Waals surface area contributed by atoms with Crippen molar-refractivity contribution >= 4 is 37.5 Å². The fourth-order valence-corrected chi connectivity index (χ4v) is 6.00. The molecule has 136 valence electrons. The number of piperidine rings is 1. The van der Waals surface area contributed by atoms with Crippen molar-refractivity contribution in [1.82, 2.24) is 9.88 Å². The molecule has 0 bridgehead atoms. The molecule has 1 saturated heterocycles. The lowest BCUT2D eigenvalue weighted by Crippen LogP contribution is -2.47. The van der Waals surface area contributed by atoms with E-state index in [0.717, 1.165) is 4.70 Å². The van der Waals surface area contributed by atoms with Crippen LogP contribution in [0.3, 0.4) is 0 Å². The van der Waals surface area contributed by atoms with Crippen LogP contribution in [-0.2, 0) is 14.6 Å². The summed E-state index contributed by atoms with van der Waals surface area (Å²) < 4.78 is 32.3. The summed E-state index contributed by atoms with van der Waals surface area (Å²) >= 11 is 1.18. The zero-order chi connectivity index (χ0) is 18.2. The van der Waals surface area contributed by atoms with Gasteiger partial charge in [-0.2, -0.15) is 0 Å². The molecule has 1 amide bonds. The molecule has 1 aliphatic rings. The van der Waals surface area contributed by atoms with E-state index in [2.05, 4.69) is 4.98 Å². The highest BCUT2D eigenvalue weighted by Crippen LogP contribution is 2.30. The first-order valence-electron chi connectivity index (χ1n) is 8.24. The van der Waals surface area contributed by atoms with Gasteiger partial charge in [-0.15, -0.1) is 11.3 Å². The zero-order valence-corrected chi connectivity index (χ0v) is 16.2. The molecule has 1 fully saturated rings. The molecule has 1 aromatic heterocycles. The van der Waals surface area contributed by atoms with E-state index in [1.165, 1.54) is 16.2 Å². The number of rotatable bonds is 2. The predicted octanol–water partition coefficient (Wildman–Crippen LogP) is 3.47. The number of ether oxygens (including phenoxy) is 1. The van der Waals surface area contributed by atoms with Crippen molar-refractivity contribution in [2.24, 2.45) is 0 Å². The molecular formula is C17H22N2O4S2. The number of benzene rings is 1. The second kappa shape index (κ2) is 6.57. The van der Waals surface area contributed by atoms with Gasteiger partial charge >= 0.3 is 6.09 Å². The normalized spacial score (nSPS) is 19.2. The molecule has 0 N–H and O–H groups in total. The molecule has 8 heteroatoms. The van der Waals surface area contributed by atoms with E-state index in [-0.39, 0.29) is 10.9 Å². The molecule has 2 aromatic rings. The molecule has 0 aliphatic carbocycles. The second-order valence-corrected chi connectivity index (χ2v) is 10.6. The summed E-state index contributed by atoms with van der Waals surface area (Å²) in [6, 6.07) is 7.36. The average molecular weight is 383 g/mol. The minimum Gasteiger partial charge on any atom is -0.444 e. The molecule has 6 nitrogen and oxygen atoms in total. The molecule has 0 radical (unpaired) electrons. The van der Waals surface area contributed by atoms with Crippen LogP contribution in [0.5, 0.6) is 0 Å². The molecule has 2 heterocycles. The van der Waals surface area contributed by atoms with E-state index in [1.807, 2.05) is 18.2 Å². The van der Waals surface area contributed by atoms with E-state index in [1.54, 1.807) is 26.8 Å². The highest BCUT2D eigenvalue weighted by atomic mass is 32.2. The SMILES string of the molecule is CC(C)(C)OC(=O)N1CCC[C@@H](S(=O)(=O)c2nc3ccccc3s2)C1. The summed E-state index contributed by atoms with van der Waals surface area (Å²) in [6.45, 7) is 6.05. The summed E-state index contributed by atoms with van der Waals surface area (Å²) in [5.74, 6) is 0. The number of hydrogen-bond donors (Lipinski definition) is 0. The van der Waals surface area contributed by atoms with Crippen LogP contribution < -0.4 is 0 Å². The standard InChI is InChI=1S/C17H22N2O4S2/c1-17(2,3)23-16(20)19-10-6-7-12(11-19)25(21,22)15-18-13-8-4-5-9-14(13)24-15/h4-5,8-9,12H,6-7,10-11H2,1-3H3/t12-/m1/s1. The average Bonchev–Trinajstić information content (AvgIpc) is 2.98. The van der Waals surface area contributed by atoms with Gasteiger partial charge in [0, 0.05) is 13.1 Å². The third kappa shape index (κ3) is 3.95. The molecule has 3 rings (SSSR count). The zero-order valence-electron chi connectivity index (χ0n) is 14.6. The van der Waals surface area contributed by atoms with Crippen molar-refractivity contribution in [2.45, 2.75) is 48.8 Å². The summed E-state index contributed by atoms with van der Waals surface area (Å²) in [5, 5.41) is -0.644. The van der Waals surface area contributed by atoms with E-state index in [4.69, 9.17) is 4.74 Å². The summed E-state index contributed by atoms with van der Waals surface area (Å²) in [5.41, 5.74) is 0.0847. The van der Waals surface area contributed by atoms with Gasteiger partial charge in [0.25, 0.3) is 0 Å². The second-order valence-electron chi connectivity index (χ2n) is 7.18. The van der Waals surface area contributed by atoms with Crippen LogP contribution in [0.15, 0.2) is 28.6 Å². The van der Waals surface area contributed by atoms with Crippen LogP contribution in [0.4, 0.5) is 4.79 Å². The maximum atomic E-state index is 13.0. The van der Waals surface area contributed by atoms with Gasteiger partial charge in [-0.3, -0.25) is 0 Å². The van der Waals surface area contributed by atoms with Crippen molar-refractivity contribution in [3.8, 4) is 0 Å². The largest absolute Gasteiger partial charge is 0.444 e. The number of likely N-dealkylation sites (tertiary alicyclic amines) is 1. The lowest BCUT2D eigenvalue weighted by molar-refractivity contribution is 0.0219. The first kappa shape index (κ1) is 18.1.